The van der Waals surface area contributed by atoms with Gasteiger partial charge in [0.25, 0.3) is 5.69 Å². The molecule has 0 aromatic heterocycles. The van der Waals surface area contributed by atoms with E-state index in [0.29, 0.717) is 18.2 Å². The summed E-state index contributed by atoms with van der Waals surface area (Å²) < 4.78 is 5.80. The van der Waals surface area contributed by atoms with Crippen LogP contribution in [0.15, 0.2) is 18.2 Å². The van der Waals surface area contributed by atoms with Gasteiger partial charge in [0.15, 0.2) is 0 Å². The monoisotopic (exact) mass is 294 g/mol. The highest BCUT2D eigenvalue weighted by molar-refractivity contribution is 5.62. The molecule has 0 heterocycles. The van der Waals surface area contributed by atoms with Crippen molar-refractivity contribution in [3.63, 3.8) is 0 Å². The van der Waals surface area contributed by atoms with Gasteiger partial charge in [-0.05, 0) is 43.4 Å². The molecule has 0 radical (unpaired) electrons. The van der Waals surface area contributed by atoms with E-state index in [-0.39, 0.29) is 16.7 Å². The number of nitro groups is 1. The lowest BCUT2D eigenvalue weighted by Gasteiger charge is -2.15. The van der Waals surface area contributed by atoms with Crippen LogP contribution >= 0.6 is 0 Å². The minimum absolute atomic E-state index is 0.113. The Labute approximate surface area is 126 Å². The first kappa shape index (κ1) is 17.4. The molecule has 0 spiro atoms. The number of ether oxygens (including phenoxy) is 1. The summed E-state index contributed by atoms with van der Waals surface area (Å²) >= 11 is 0. The van der Waals surface area contributed by atoms with Gasteiger partial charge in [0.2, 0.25) is 0 Å². The standard InChI is InChI=1S/C16H26N2O3/c1-5-8-17-15-10-14(6-7-16(15)18(19)20)11-21-13(4)9-12(2)3/h6-7,10,12-13,17H,5,8-9,11H2,1-4H3. The first-order valence-corrected chi connectivity index (χ1v) is 7.56. The zero-order chi connectivity index (χ0) is 15.8. The second-order valence-electron chi connectivity index (χ2n) is 5.79. The maximum Gasteiger partial charge on any atom is 0.292 e. The fourth-order valence-corrected chi connectivity index (χ4v) is 2.20. The number of rotatable bonds is 9. The second-order valence-corrected chi connectivity index (χ2v) is 5.79. The molecule has 0 bridgehead atoms. The molecule has 0 amide bonds. The number of nitrogens with one attached hydrogen (secondary N) is 1. The topological polar surface area (TPSA) is 64.4 Å². The number of benzene rings is 1. The average molecular weight is 294 g/mol. The summed E-state index contributed by atoms with van der Waals surface area (Å²) in [5, 5.41) is 14.1. The summed E-state index contributed by atoms with van der Waals surface area (Å²) in [5.74, 6) is 0.596. The van der Waals surface area contributed by atoms with Crippen molar-refractivity contribution in [2.24, 2.45) is 5.92 Å². The minimum Gasteiger partial charge on any atom is -0.379 e. The van der Waals surface area contributed by atoms with Crippen LogP contribution in [0.2, 0.25) is 0 Å². The van der Waals surface area contributed by atoms with Gasteiger partial charge in [0.05, 0.1) is 17.6 Å². The van der Waals surface area contributed by atoms with Crippen LogP contribution in [0.3, 0.4) is 0 Å². The molecule has 0 saturated heterocycles. The van der Waals surface area contributed by atoms with E-state index in [0.717, 1.165) is 24.9 Å². The Bertz CT molecular complexity index is 461. The third-order valence-corrected chi connectivity index (χ3v) is 3.16. The van der Waals surface area contributed by atoms with Crippen LogP contribution in [0.1, 0.15) is 46.1 Å². The molecule has 5 heteroatoms. The SMILES string of the molecule is CCCNc1cc(COC(C)CC(C)C)ccc1[N+](=O)[O-]. The molecule has 1 aromatic rings. The van der Waals surface area contributed by atoms with E-state index in [1.165, 1.54) is 0 Å². The van der Waals surface area contributed by atoms with Crippen LogP contribution in [0.25, 0.3) is 0 Å². The Morgan fingerprint density at radius 1 is 1.33 bits per heavy atom. The second kappa shape index (κ2) is 8.62. The molecule has 1 atom stereocenters. The number of hydrogen-bond acceptors (Lipinski definition) is 4. The molecule has 1 rings (SSSR count). The van der Waals surface area contributed by atoms with Gasteiger partial charge in [-0.2, -0.15) is 0 Å². The van der Waals surface area contributed by atoms with Crippen molar-refractivity contribution in [2.75, 3.05) is 11.9 Å². The fraction of sp³-hybridized carbons (Fsp3) is 0.625. The average Bonchev–Trinajstić information content (AvgIpc) is 2.42. The van der Waals surface area contributed by atoms with Crippen molar-refractivity contribution in [3.05, 3.63) is 33.9 Å². The first-order chi connectivity index (χ1) is 9.93. The maximum absolute atomic E-state index is 11.0. The van der Waals surface area contributed by atoms with Gasteiger partial charge < -0.3 is 10.1 Å². The number of nitrogens with zero attached hydrogens (tertiary/aromatic N) is 1. The lowest BCUT2D eigenvalue weighted by molar-refractivity contribution is -0.384. The van der Waals surface area contributed by atoms with E-state index in [2.05, 4.69) is 26.1 Å². The lowest BCUT2D eigenvalue weighted by atomic mass is 10.1. The van der Waals surface area contributed by atoms with Gasteiger partial charge in [0, 0.05) is 12.6 Å². The Balaban J connectivity index is 2.73. The van der Waals surface area contributed by atoms with Crippen LogP contribution in [0, 0.1) is 16.0 Å². The highest BCUT2D eigenvalue weighted by Gasteiger charge is 2.14. The molecule has 0 aliphatic heterocycles. The van der Waals surface area contributed by atoms with Crippen molar-refractivity contribution >= 4 is 11.4 Å². The zero-order valence-electron chi connectivity index (χ0n) is 13.4. The van der Waals surface area contributed by atoms with E-state index in [1.54, 1.807) is 12.1 Å². The van der Waals surface area contributed by atoms with E-state index in [4.69, 9.17) is 4.74 Å². The predicted octanol–water partition coefficient (Wildman–Crippen LogP) is 4.37. The van der Waals surface area contributed by atoms with Crippen molar-refractivity contribution < 1.29 is 9.66 Å². The fourth-order valence-electron chi connectivity index (χ4n) is 2.20. The van der Waals surface area contributed by atoms with Crippen LogP contribution in [-0.4, -0.2) is 17.6 Å². The van der Waals surface area contributed by atoms with Crippen molar-refractivity contribution in [2.45, 2.75) is 53.2 Å². The van der Waals surface area contributed by atoms with Crippen molar-refractivity contribution in [3.8, 4) is 0 Å². The molecule has 21 heavy (non-hydrogen) atoms. The minimum atomic E-state index is -0.357. The summed E-state index contributed by atoms with van der Waals surface area (Å²) in [4.78, 5) is 10.7. The van der Waals surface area contributed by atoms with Gasteiger partial charge in [-0.15, -0.1) is 0 Å². The first-order valence-electron chi connectivity index (χ1n) is 7.56. The molecule has 118 valence electrons. The van der Waals surface area contributed by atoms with Crippen molar-refractivity contribution in [1.82, 2.24) is 0 Å². The predicted molar refractivity (Wildman–Crippen MR) is 85.6 cm³/mol. The van der Waals surface area contributed by atoms with Crippen LogP contribution in [-0.2, 0) is 11.3 Å². The van der Waals surface area contributed by atoms with Gasteiger partial charge >= 0.3 is 0 Å². The normalized spacial score (nSPS) is 12.4. The van der Waals surface area contributed by atoms with Crippen molar-refractivity contribution in [1.29, 1.82) is 0 Å². The number of nitro benzene ring substituents is 1. The molecule has 0 fully saturated rings. The lowest BCUT2D eigenvalue weighted by Crippen LogP contribution is -2.11. The molecule has 1 unspecified atom stereocenters. The van der Waals surface area contributed by atoms with E-state index < -0.39 is 0 Å². The third-order valence-electron chi connectivity index (χ3n) is 3.16. The maximum atomic E-state index is 11.0. The van der Waals surface area contributed by atoms with E-state index in [9.17, 15) is 10.1 Å². The smallest absolute Gasteiger partial charge is 0.292 e. The largest absolute Gasteiger partial charge is 0.379 e. The molecule has 0 aliphatic rings. The number of anilines is 1. The van der Waals surface area contributed by atoms with Gasteiger partial charge in [-0.25, -0.2) is 0 Å². The molecular formula is C16H26N2O3. The van der Waals surface area contributed by atoms with Gasteiger partial charge in [0.1, 0.15) is 5.69 Å². The molecule has 0 aliphatic carbocycles. The van der Waals surface area contributed by atoms with Gasteiger partial charge in [-0.3, -0.25) is 10.1 Å². The Hall–Kier alpha value is -1.62. The molecular weight excluding hydrogens is 268 g/mol. The Morgan fingerprint density at radius 2 is 2.05 bits per heavy atom. The molecule has 1 N–H and O–H groups in total. The highest BCUT2D eigenvalue weighted by atomic mass is 16.6. The van der Waals surface area contributed by atoms with Crippen LogP contribution in [0.5, 0.6) is 0 Å². The quantitative estimate of drug-likeness (QED) is 0.542. The van der Waals surface area contributed by atoms with E-state index >= 15 is 0 Å². The summed E-state index contributed by atoms with van der Waals surface area (Å²) in [6.45, 7) is 9.61. The zero-order valence-corrected chi connectivity index (χ0v) is 13.4. The third kappa shape index (κ3) is 6.12. The Kier molecular flexibility index (Phi) is 7.15. The molecule has 5 nitrogen and oxygen atoms in total. The summed E-state index contributed by atoms with van der Waals surface area (Å²) in [6, 6.07) is 5.12. The number of hydrogen-bond donors (Lipinski definition) is 1. The summed E-state index contributed by atoms with van der Waals surface area (Å²) in [5.41, 5.74) is 1.64. The highest BCUT2D eigenvalue weighted by Crippen LogP contribution is 2.26. The Morgan fingerprint density at radius 3 is 2.62 bits per heavy atom. The molecule has 1 aromatic carbocycles. The summed E-state index contributed by atoms with van der Waals surface area (Å²) in [6.07, 6.45) is 2.12. The van der Waals surface area contributed by atoms with Crippen LogP contribution in [0.4, 0.5) is 11.4 Å². The van der Waals surface area contributed by atoms with Crippen LogP contribution < -0.4 is 5.32 Å². The van der Waals surface area contributed by atoms with Gasteiger partial charge in [-0.1, -0.05) is 20.8 Å². The molecule has 0 saturated carbocycles. The summed E-state index contributed by atoms with van der Waals surface area (Å²) in [7, 11) is 0. The van der Waals surface area contributed by atoms with E-state index in [1.807, 2.05) is 13.0 Å².